The quantitative estimate of drug-likeness (QED) is 0.263. The number of carbonyl (C=O) groups is 1. The highest BCUT2D eigenvalue weighted by Crippen LogP contribution is 2.42. The number of amides is 1. The van der Waals surface area contributed by atoms with Crippen LogP contribution in [-0.2, 0) is 28.7 Å². The molecule has 0 spiro atoms. The number of benzene rings is 3. The van der Waals surface area contributed by atoms with E-state index in [0.717, 1.165) is 61.2 Å². The monoisotopic (exact) mass is 599 g/mol. The number of ether oxygens (including phenoxy) is 2. The van der Waals surface area contributed by atoms with Gasteiger partial charge in [-0.05, 0) is 96.5 Å². The Morgan fingerprint density at radius 1 is 1.05 bits per heavy atom. The van der Waals surface area contributed by atoms with Crippen LogP contribution in [0, 0.1) is 0 Å². The van der Waals surface area contributed by atoms with Gasteiger partial charge in [0.15, 0.2) is 0 Å². The highest BCUT2D eigenvalue weighted by Gasteiger charge is 2.39. The molecule has 2 atom stereocenters. The molecule has 1 amide bonds. The molecule has 0 aromatic heterocycles. The first-order valence-corrected chi connectivity index (χ1v) is 16.1. The first-order chi connectivity index (χ1) is 21.1. The van der Waals surface area contributed by atoms with Gasteiger partial charge in [0.1, 0.15) is 5.75 Å². The zero-order valence-corrected chi connectivity index (χ0v) is 26.7. The molecule has 0 radical (unpaired) electrons. The average molecular weight is 600 g/mol. The highest BCUT2D eigenvalue weighted by molar-refractivity contribution is 5.95. The van der Waals surface area contributed by atoms with Gasteiger partial charge in [-0.3, -0.25) is 4.79 Å². The summed E-state index contributed by atoms with van der Waals surface area (Å²) in [6.45, 7) is 8.88. The predicted molar refractivity (Wildman–Crippen MR) is 176 cm³/mol. The van der Waals surface area contributed by atoms with Crippen LogP contribution in [0.2, 0.25) is 0 Å². The van der Waals surface area contributed by atoms with E-state index in [-0.39, 0.29) is 16.9 Å². The van der Waals surface area contributed by atoms with E-state index in [1.54, 1.807) is 7.11 Å². The predicted octanol–water partition coefficient (Wildman–Crippen LogP) is 6.09. The van der Waals surface area contributed by atoms with Crippen LogP contribution >= 0.6 is 0 Å². The van der Waals surface area contributed by atoms with Crippen LogP contribution in [0.5, 0.6) is 5.75 Å². The molecular formula is C37H49N3O4. The lowest BCUT2D eigenvalue weighted by Crippen LogP contribution is -2.55. The Morgan fingerprint density at radius 3 is 2.61 bits per heavy atom. The second-order valence-corrected chi connectivity index (χ2v) is 13.5. The third-order valence-electron chi connectivity index (χ3n) is 9.01. The maximum absolute atomic E-state index is 13.8. The van der Waals surface area contributed by atoms with Crippen LogP contribution in [0.3, 0.4) is 0 Å². The van der Waals surface area contributed by atoms with Crippen LogP contribution in [0.25, 0.3) is 0 Å². The number of aliphatic hydroxyl groups excluding tert-OH is 1. The Balaban J connectivity index is 1.40. The lowest BCUT2D eigenvalue weighted by Gasteiger charge is -2.45. The maximum Gasteiger partial charge on any atom is 0.251 e. The molecule has 3 aromatic rings. The summed E-state index contributed by atoms with van der Waals surface area (Å²) in [4.78, 5) is 13.8. The van der Waals surface area contributed by atoms with Gasteiger partial charge in [0.25, 0.3) is 5.91 Å². The Labute approximate surface area is 262 Å². The van der Waals surface area contributed by atoms with Gasteiger partial charge in [-0.25, -0.2) is 0 Å². The Hall–Kier alpha value is -3.39. The number of hydrogen-bond acceptors (Lipinski definition) is 6. The van der Waals surface area contributed by atoms with E-state index < -0.39 is 12.1 Å². The summed E-state index contributed by atoms with van der Waals surface area (Å²) in [7, 11) is 1.65. The van der Waals surface area contributed by atoms with Gasteiger partial charge in [-0.2, -0.15) is 0 Å². The summed E-state index contributed by atoms with van der Waals surface area (Å²) in [6, 6.07) is 22.1. The summed E-state index contributed by atoms with van der Waals surface area (Å²) >= 11 is 0. The molecule has 7 nitrogen and oxygen atoms in total. The Bertz CT molecular complexity index is 1410. The largest absolute Gasteiger partial charge is 0.494 e. The third-order valence-corrected chi connectivity index (χ3v) is 9.01. The Morgan fingerprint density at radius 2 is 1.86 bits per heavy atom. The van der Waals surface area contributed by atoms with E-state index in [1.165, 1.54) is 11.1 Å². The Kier molecular flexibility index (Phi) is 10.3. The van der Waals surface area contributed by atoms with Crippen molar-refractivity contribution >= 4 is 11.6 Å². The molecule has 0 unspecified atom stereocenters. The van der Waals surface area contributed by atoms with Crippen molar-refractivity contribution in [3.05, 3.63) is 94.5 Å². The van der Waals surface area contributed by atoms with Crippen molar-refractivity contribution in [1.82, 2.24) is 10.6 Å². The van der Waals surface area contributed by atoms with Crippen molar-refractivity contribution in [1.29, 1.82) is 0 Å². The summed E-state index contributed by atoms with van der Waals surface area (Å²) < 4.78 is 11.4. The fraction of sp³-hybridized carbons (Fsp3) is 0.486. The van der Waals surface area contributed by atoms with Gasteiger partial charge in [-0.1, -0.05) is 57.2 Å². The lowest BCUT2D eigenvalue weighted by molar-refractivity contribution is 0.0756. The number of methoxy groups -OCH3 is 1. The first-order valence-electron chi connectivity index (χ1n) is 16.1. The SMILES string of the molecule is COCc1cc2cc(c1)C(=O)N[C@H]([C@H](O)CNC1(c3cccc(C(C)(C)C)c3)CCC1)Cc1cccc(c1)OCCCCN2. The number of carbonyl (C=O) groups excluding carboxylic acids is 1. The second kappa shape index (κ2) is 14.1. The molecule has 1 heterocycles. The van der Waals surface area contributed by atoms with Gasteiger partial charge in [0.05, 0.1) is 25.4 Å². The van der Waals surface area contributed by atoms with Gasteiger partial charge >= 0.3 is 0 Å². The number of anilines is 1. The van der Waals surface area contributed by atoms with Gasteiger partial charge < -0.3 is 30.5 Å². The fourth-order valence-corrected chi connectivity index (χ4v) is 6.20. The molecule has 1 fully saturated rings. The minimum Gasteiger partial charge on any atom is -0.494 e. The smallest absolute Gasteiger partial charge is 0.251 e. The van der Waals surface area contributed by atoms with Crippen molar-refractivity contribution in [3.8, 4) is 5.75 Å². The van der Waals surface area contributed by atoms with E-state index >= 15 is 0 Å². The third kappa shape index (κ3) is 8.00. The van der Waals surface area contributed by atoms with Crippen molar-refractivity contribution in [2.24, 2.45) is 0 Å². The van der Waals surface area contributed by atoms with Crippen LogP contribution in [0.1, 0.15) is 85.5 Å². The number of fused-ring (bicyclic) bond motifs is 4. The molecule has 7 heteroatoms. The van der Waals surface area contributed by atoms with Crippen molar-refractivity contribution in [2.45, 2.75) is 89.0 Å². The molecule has 0 saturated heterocycles. The van der Waals surface area contributed by atoms with E-state index in [1.807, 2.05) is 42.5 Å². The highest BCUT2D eigenvalue weighted by atomic mass is 16.5. The van der Waals surface area contributed by atoms with E-state index in [4.69, 9.17) is 9.47 Å². The van der Waals surface area contributed by atoms with Crippen LogP contribution < -0.4 is 20.7 Å². The lowest BCUT2D eigenvalue weighted by atomic mass is 9.70. The molecular weight excluding hydrogens is 550 g/mol. The molecule has 4 N–H and O–H groups in total. The van der Waals surface area contributed by atoms with Crippen molar-refractivity contribution in [3.63, 3.8) is 0 Å². The summed E-state index contributed by atoms with van der Waals surface area (Å²) in [5.74, 6) is 0.590. The molecule has 1 aliphatic heterocycles. The zero-order chi connectivity index (χ0) is 31.2. The van der Waals surface area contributed by atoms with Crippen LogP contribution in [0.4, 0.5) is 5.69 Å². The molecule has 1 saturated carbocycles. The number of rotatable bonds is 7. The van der Waals surface area contributed by atoms with E-state index in [2.05, 4.69) is 61.0 Å². The summed E-state index contributed by atoms with van der Waals surface area (Å²) in [5, 5.41) is 22.1. The molecule has 4 bridgehead atoms. The fourth-order valence-electron chi connectivity index (χ4n) is 6.20. The van der Waals surface area contributed by atoms with Gasteiger partial charge in [-0.15, -0.1) is 0 Å². The standard InChI is InChI=1S/C37H49N3O4/c1-36(2,3)29-11-8-12-30(23-29)37(14-9-15-37)39-24-34(41)33-21-26-10-7-13-32(20-26)44-17-6-5-16-38-31-19-27(25-43-4)18-28(22-31)35(42)40-33/h7-8,10-13,18-20,22-23,33-34,38-39,41H,5-6,9,14-17,21,24-25H2,1-4H3,(H,40,42)/t33-,34+/m0/s1. The molecule has 1 aliphatic carbocycles. The first kappa shape index (κ1) is 32.0. The second-order valence-electron chi connectivity index (χ2n) is 13.5. The normalized spacial score (nSPS) is 19.6. The maximum atomic E-state index is 13.8. The van der Waals surface area contributed by atoms with E-state index in [0.29, 0.717) is 31.7 Å². The number of nitrogens with one attached hydrogen (secondary N) is 3. The van der Waals surface area contributed by atoms with Crippen LogP contribution in [-0.4, -0.2) is 50.0 Å². The average Bonchev–Trinajstić information content (AvgIpc) is 2.97. The van der Waals surface area contributed by atoms with Crippen molar-refractivity contribution in [2.75, 3.05) is 32.1 Å². The molecule has 236 valence electrons. The van der Waals surface area contributed by atoms with E-state index in [9.17, 15) is 9.90 Å². The topological polar surface area (TPSA) is 91.9 Å². The van der Waals surface area contributed by atoms with Crippen molar-refractivity contribution < 1.29 is 19.4 Å². The molecule has 3 aromatic carbocycles. The summed E-state index contributed by atoms with van der Waals surface area (Å²) in [5.41, 5.74) is 5.81. The number of aliphatic hydroxyl groups is 1. The van der Waals surface area contributed by atoms with Gasteiger partial charge in [0, 0.05) is 37.0 Å². The molecule has 5 rings (SSSR count). The molecule has 44 heavy (non-hydrogen) atoms. The van der Waals surface area contributed by atoms with Gasteiger partial charge in [0.2, 0.25) is 0 Å². The molecule has 2 aliphatic rings. The van der Waals surface area contributed by atoms with Crippen LogP contribution in [0.15, 0.2) is 66.7 Å². The minimum absolute atomic E-state index is 0.0582. The number of hydrogen-bond donors (Lipinski definition) is 4. The summed E-state index contributed by atoms with van der Waals surface area (Å²) in [6.07, 6.45) is 4.70. The zero-order valence-electron chi connectivity index (χ0n) is 26.7. The minimum atomic E-state index is -0.814.